The van der Waals surface area contributed by atoms with Crippen molar-refractivity contribution in [1.29, 1.82) is 0 Å². The number of rotatable bonds is 0. The second-order valence-electron chi connectivity index (χ2n) is 0. The van der Waals surface area contributed by atoms with Crippen LogP contribution >= 0.6 is 13.5 Å². The minimum atomic E-state index is 0. The van der Waals surface area contributed by atoms with Crippen LogP contribution in [-0.4, -0.2) is 41.0 Å². The van der Waals surface area contributed by atoms with E-state index in [1.54, 1.807) is 0 Å². The molecule has 0 unspecified atom stereocenters. The average Bonchev–Trinajstić information content (AvgIpc) is 0. The Morgan fingerprint density at radius 3 is 1.00 bits per heavy atom. The largest absolute Gasteiger partial charge is 0.197 e. The molecule has 0 fully saturated rings. The Labute approximate surface area is 89.7 Å². The molecule has 0 rings (SSSR count). The van der Waals surface area contributed by atoms with Crippen LogP contribution in [0.25, 0.3) is 0 Å². The van der Waals surface area contributed by atoms with E-state index in [0.717, 1.165) is 0 Å². The summed E-state index contributed by atoms with van der Waals surface area (Å²) in [6, 6.07) is 0. The van der Waals surface area contributed by atoms with Crippen LogP contribution in [0.5, 0.6) is 0 Å². The molecule has 31 valence electrons. The smallest absolute Gasteiger partial charge is 0 e. The van der Waals surface area contributed by atoms with Gasteiger partial charge in [0.25, 0.3) is 0 Å². The standard InChI is InChI=1S/Cu.H2S.Se.Sn.Zn/h;1H2;;;. The van der Waals surface area contributed by atoms with E-state index in [0.29, 0.717) is 0 Å². The van der Waals surface area contributed by atoms with Gasteiger partial charge >= 0.3 is 0 Å². The maximum absolute atomic E-state index is 0. The maximum atomic E-state index is 0. The van der Waals surface area contributed by atoms with Crippen molar-refractivity contribution >= 4 is 54.5 Å². The molecule has 7 radical (unpaired) electrons. The van der Waals surface area contributed by atoms with E-state index in [1.807, 2.05) is 0 Å². The summed E-state index contributed by atoms with van der Waals surface area (Å²) >= 11 is 0. The summed E-state index contributed by atoms with van der Waals surface area (Å²) in [5.41, 5.74) is 0. The fourth-order valence-electron chi connectivity index (χ4n) is 0. The first-order chi connectivity index (χ1) is 0. The molecule has 5 heteroatoms. The molecule has 0 saturated carbocycles. The first-order valence-electron chi connectivity index (χ1n) is 0. The molecule has 0 aliphatic carbocycles. The Balaban J connectivity index is 0. The summed E-state index contributed by atoms with van der Waals surface area (Å²) < 4.78 is 0. The van der Waals surface area contributed by atoms with Gasteiger partial charge in [0, 0.05) is 77.5 Å². The molecule has 0 nitrogen and oxygen atoms in total. The minimum Gasteiger partial charge on any atom is -0.197 e. The van der Waals surface area contributed by atoms with E-state index in [2.05, 4.69) is 0 Å². The van der Waals surface area contributed by atoms with Crippen LogP contribution in [0.1, 0.15) is 0 Å². The summed E-state index contributed by atoms with van der Waals surface area (Å²) in [7, 11) is 0. The average molecular weight is 361 g/mol. The molecule has 0 heterocycles. The van der Waals surface area contributed by atoms with Gasteiger partial charge in [0.05, 0.1) is 0 Å². The van der Waals surface area contributed by atoms with Crippen LogP contribution in [0.3, 0.4) is 0 Å². The van der Waals surface area contributed by atoms with Crippen LogP contribution in [0.4, 0.5) is 0 Å². The predicted molar refractivity (Wildman–Crippen MR) is 21.9 cm³/mol. The van der Waals surface area contributed by atoms with Crippen LogP contribution in [-0.2, 0) is 36.5 Å². The topological polar surface area (TPSA) is 0 Å². The Morgan fingerprint density at radius 2 is 1.00 bits per heavy atom. The maximum Gasteiger partial charge on any atom is 0 e. The SMILES string of the molecule is S.[Cu].[Se].[Sn].[Zn]. The van der Waals surface area contributed by atoms with E-state index in [9.17, 15) is 0 Å². The van der Waals surface area contributed by atoms with Crippen LogP contribution in [0, 0.1) is 0 Å². The Bertz CT molecular complexity index is 11.6. The van der Waals surface area contributed by atoms with Crippen LogP contribution in [0.2, 0.25) is 0 Å². The minimum absolute atomic E-state index is 0. The van der Waals surface area contributed by atoms with Crippen molar-refractivity contribution in [3.63, 3.8) is 0 Å². The van der Waals surface area contributed by atoms with E-state index < -0.39 is 0 Å². The molecule has 0 aromatic carbocycles. The first-order valence-corrected chi connectivity index (χ1v) is 0. The summed E-state index contributed by atoms with van der Waals surface area (Å²) in [5.74, 6) is 0. The van der Waals surface area contributed by atoms with Crippen molar-refractivity contribution in [3.05, 3.63) is 0 Å². The second-order valence-corrected chi connectivity index (χ2v) is 0. The van der Waals surface area contributed by atoms with Gasteiger partial charge in [0.1, 0.15) is 0 Å². The normalized spacial score (nSPS) is 0. The number of hydrogen-bond donors (Lipinski definition) is 0. The van der Waals surface area contributed by atoms with E-state index in [4.69, 9.17) is 0 Å². The molecule has 0 N–H and O–H groups in total. The molecule has 0 amide bonds. The summed E-state index contributed by atoms with van der Waals surface area (Å²) in [6.45, 7) is 0. The summed E-state index contributed by atoms with van der Waals surface area (Å²) in [6.07, 6.45) is 0. The van der Waals surface area contributed by atoms with Gasteiger partial charge in [0.15, 0.2) is 0 Å². The molecule has 0 aromatic rings. The van der Waals surface area contributed by atoms with E-state index in [1.165, 1.54) is 0 Å². The molecule has 0 aliphatic rings. The van der Waals surface area contributed by atoms with Gasteiger partial charge < -0.3 is 0 Å². The first kappa shape index (κ1) is 45.9. The van der Waals surface area contributed by atoms with Crippen molar-refractivity contribution in [3.8, 4) is 0 Å². The van der Waals surface area contributed by atoms with Gasteiger partial charge in [-0.3, -0.25) is 0 Å². The van der Waals surface area contributed by atoms with Gasteiger partial charge in [-0.25, -0.2) is 0 Å². The molecule has 0 spiro atoms. The third kappa shape index (κ3) is 20.0. The van der Waals surface area contributed by atoms with E-state index in [-0.39, 0.29) is 91.0 Å². The van der Waals surface area contributed by atoms with Crippen molar-refractivity contribution in [2.45, 2.75) is 0 Å². The zero-order chi connectivity index (χ0) is 0. The predicted octanol–water partition coefficient (Wildman–Crippen LogP) is -0.654. The monoisotopic (exact) mass is 361 g/mol. The third-order valence-electron chi connectivity index (χ3n) is 0. The van der Waals surface area contributed by atoms with Crippen LogP contribution < -0.4 is 0 Å². The molecule has 0 aliphatic heterocycles. The van der Waals surface area contributed by atoms with Crippen molar-refractivity contribution in [2.24, 2.45) is 0 Å². The molecule has 0 saturated heterocycles. The molecular formula is H2CuSSeSnZn. The van der Waals surface area contributed by atoms with Gasteiger partial charge in [-0.2, -0.15) is 13.5 Å². The quantitative estimate of drug-likeness (QED) is 0.504. The molecule has 5 heavy (non-hydrogen) atoms. The van der Waals surface area contributed by atoms with Gasteiger partial charge in [-0.1, -0.05) is 0 Å². The number of hydrogen-bond acceptors (Lipinski definition) is 0. The van der Waals surface area contributed by atoms with Crippen molar-refractivity contribution < 1.29 is 36.5 Å². The van der Waals surface area contributed by atoms with Crippen molar-refractivity contribution in [1.82, 2.24) is 0 Å². The van der Waals surface area contributed by atoms with E-state index >= 15 is 0 Å². The summed E-state index contributed by atoms with van der Waals surface area (Å²) in [4.78, 5) is 0. The fourth-order valence-corrected chi connectivity index (χ4v) is 0. The van der Waals surface area contributed by atoms with Crippen LogP contribution in [0.15, 0.2) is 0 Å². The van der Waals surface area contributed by atoms with Crippen molar-refractivity contribution in [2.75, 3.05) is 0 Å². The summed E-state index contributed by atoms with van der Waals surface area (Å²) in [5, 5.41) is 0. The molecule has 0 bridgehead atoms. The molecule has 0 aromatic heterocycles. The second kappa shape index (κ2) is 29.1. The zero-order valence-corrected chi connectivity index (χ0v) is 11.9. The molecular weight excluding hydrogens is 359 g/mol. The Kier molecular flexibility index (Phi) is 267. The molecule has 0 atom stereocenters. The Hall–Kier alpha value is 2.81. The van der Waals surface area contributed by atoms with Gasteiger partial charge in [0.2, 0.25) is 0 Å². The van der Waals surface area contributed by atoms with Gasteiger partial charge in [-0.05, 0) is 0 Å². The van der Waals surface area contributed by atoms with Gasteiger partial charge in [-0.15, -0.1) is 0 Å². The third-order valence-corrected chi connectivity index (χ3v) is 0. The zero-order valence-electron chi connectivity index (χ0n) is 2.42. The Morgan fingerprint density at radius 1 is 1.00 bits per heavy atom. The fraction of sp³-hybridized carbons (Fsp3) is 0.